The van der Waals surface area contributed by atoms with E-state index in [0.717, 1.165) is 0 Å². The van der Waals surface area contributed by atoms with E-state index < -0.39 is 11.4 Å². The molecule has 5 N–H and O–H groups in total. The summed E-state index contributed by atoms with van der Waals surface area (Å²) in [5, 5.41) is 2.54. The lowest BCUT2D eigenvalue weighted by Gasteiger charge is -2.21. The maximum atomic E-state index is 11.3. The predicted molar refractivity (Wildman–Crippen MR) is 49.7 cm³/mol. The molecule has 1 atom stereocenters. The fraction of sp³-hybridized carbons (Fsp3) is 0.750. The van der Waals surface area contributed by atoms with Crippen LogP contribution in [0.5, 0.6) is 0 Å². The number of nitrogens with two attached hydrogens (primary N) is 2. The molecule has 0 aromatic heterocycles. The number of amides is 2. The van der Waals surface area contributed by atoms with Crippen molar-refractivity contribution in [2.45, 2.75) is 32.2 Å². The third-order valence-electron chi connectivity index (χ3n) is 1.91. The van der Waals surface area contributed by atoms with Crippen LogP contribution in [0.15, 0.2) is 0 Å². The van der Waals surface area contributed by atoms with Gasteiger partial charge in [0.2, 0.25) is 11.8 Å². The number of carbonyl (C=O) groups excluding carboxylic acids is 2. The van der Waals surface area contributed by atoms with Crippen molar-refractivity contribution in [1.82, 2.24) is 5.32 Å². The lowest BCUT2D eigenvalue weighted by Crippen LogP contribution is -2.51. The van der Waals surface area contributed by atoms with Crippen LogP contribution in [-0.2, 0) is 9.59 Å². The first-order valence-corrected chi connectivity index (χ1v) is 4.25. The second-order valence-electron chi connectivity index (χ2n) is 3.24. The van der Waals surface area contributed by atoms with Crippen molar-refractivity contribution in [2.24, 2.45) is 11.5 Å². The van der Waals surface area contributed by atoms with Gasteiger partial charge in [0.05, 0.1) is 5.54 Å². The molecule has 0 saturated heterocycles. The molecule has 13 heavy (non-hydrogen) atoms. The van der Waals surface area contributed by atoms with Crippen LogP contribution < -0.4 is 16.8 Å². The van der Waals surface area contributed by atoms with Crippen LogP contribution in [0, 0.1) is 0 Å². The maximum Gasteiger partial charge on any atom is 0.239 e. The molecule has 0 fully saturated rings. The normalized spacial score (nSPS) is 14.7. The third-order valence-corrected chi connectivity index (χ3v) is 1.91. The molecule has 0 aliphatic carbocycles. The zero-order valence-electron chi connectivity index (χ0n) is 8.09. The molecule has 2 amide bonds. The zero-order chi connectivity index (χ0) is 10.5. The molecule has 0 aliphatic rings. The van der Waals surface area contributed by atoms with Crippen LogP contribution in [0.4, 0.5) is 0 Å². The topological polar surface area (TPSA) is 98.2 Å². The van der Waals surface area contributed by atoms with Crippen molar-refractivity contribution < 1.29 is 9.59 Å². The van der Waals surface area contributed by atoms with Crippen molar-refractivity contribution in [2.75, 3.05) is 6.54 Å². The monoisotopic (exact) mass is 187 g/mol. The van der Waals surface area contributed by atoms with Gasteiger partial charge >= 0.3 is 0 Å². The first-order valence-electron chi connectivity index (χ1n) is 4.25. The molecule has 0 aliphatic heterocycles. The van der Waals surface area contributed by atoms with E-state index in [1.807, 2.05) is 6.92 Å². The number of carbonyl (C=O) groups is 2. The molecular formula is C8H17N3O2. The molecule has 0 rings (SSSR count). The molecule has 0 radical (unpaired) electrons. The Morgan fingerprint density at radius 1 is 1.46 bits per heavy atom. The first kappa shape index (κ1) is 11.9. The quantitative estimate of drug-likeness (QED) is 0.520. The third kappa shape index (κ3) is 4.47. The molecular weight excluding hydrogens is 170 g/mol. The second kappa shape index (κ2) is 4.81. The van der Waals surface area contributed by atoms with Gasteiger partial charge in [0, 0.05) is 13.0 Å². The number of primary amides is 1. The average molecular weight is 187 g/mol. The van der Waals surface area contributed by atoms with E-state index in [-0.39, 0.29) is 18.9 Å². The summed E-state index contributed by atoms with van der Waals surface area (Å²) in [7, 11) is 0. The summed E-state index contributed by atoms with van der Waals surface area (Å²) in [6.07, 6.45) is 0.695. The summed E-state index contributed by atoms with van der Waals surface area (Å²) < 4.78 is 0. The summed E-state index contributed by atoms with van der Waals surface area (Å²) in [4.78, 5) is 21.6. The highest BCUT2D eigenvalue weighted by atomic mass is 16.2. The second-order valence-corrected chi connectivity index (χ2v) is 3.24. The lowest BCUT2D eigenvalue weighted by atomic mass is 10.00. The molecule has 1 unspecified atom stereocenters. The summed E-state index contributed by atoms with van der Waals surface area (Å²) in [6, 6.07) is 0. The Kier molecular flexibility index (Phi) is 4.40. The van der Waals surface area contributed by atoms with Crippen molar-refractivity contribution in [3.63, 3.8) is 0 Å². The SMILES string of the molecule is CCC(C)(N)C(=O)NCCC(N)=O. The minimum absolute atomic E-state index is 0.144. The molecule has 0 heterocycles. The Hall–Kier alpha value is -1.10. The fourth-order valence-corrected chi connectivity index (χ4v) is 0.662. The first-order chi connectivity index (χ1) is 5.90. The average Bonchev–Trinajstić information content (AvgIpc) is 2.03. The van der Waals surface area contributed by atoms with Crippen molar-refractivity contribution in [3.8, 4) is 0 Å². The largest absolute Gasteiger partial charge is 0.370 e. The van der Waals surface area contributed by atoms with Gasteiger partial charge in [-0.2, -0.15) is 0 Å². The molecule has 0 saturated carbocycles. The van der Waals surface area contributed by atoms with Gasteiger partial charge in [-0.3, -0.25) is 9.59 Å². The lowest BCUT2D eigenvalue weighted by molar-refractivity contribution is -0.126. The highest BCUT2D eigenvalue weighted by molar-refractivity contribution is 5.85. The van der Waals surface area contributed by atoms with E-state index in [4.69, 9.17) is 11.5 Å². The Morgan fingerprint density at radius 2 is 2.00 bits per heavy atom. The van der Waals surface area contributed by atoms with Crippen molar-refractivity contribution >= 4 is 11.8 Å². The van der Waals surface area contributed by atoms with Crippen LogP contribution in [0.3, 0.4) is 0 Å². The van der Waals surface area contributed by atoms with Crippen molar-refractivity contribution in [3.05, 3.63) is 0 Å². The van der Waals surface area contributed by atoms with E-state index in [0.29, 0.717) is 6.42 Å². The molecule has 0 aromatic rings. The van der Waals surface area contributed by atoms with Crippen LogP contribution in [0.25, 0.3) is 0 Å². The smallest absolute Gasteiger partial charge is 0.239 e. The van der Waals surface area contributed by atoms with E-state index in [1.54, 1.807) is 6.92 Å². The summed E-state index contributed by atoms with van der Waals surface area (Å²) in [6.45, 7) is 3.72. The molecule has 0 bridgehead atoms. The summed E-state index contributed by atoms with van der Waals surface area (Å²) >= 11 is 0. The van der Waals surface area contributed by atoms with Crippen LogP contribution in [0.2, 0.25) is 0 Å². The fourth-order valence-electron chi connectivity index (χ4n) is 0.662. The van der Waals surface area contributed by atoms with Crippen molar-refractivity contribution in [1.29, 1.82) is 0 Å². The minimum Gasteiger partial charge on any atom is -0.370 e. The predicted octanol–water partition coefficient (Wildman–Crippen LogP) is -0.895. The standard InChI is InChI=1S/C8H17N3O2/c1-3-8(2,10)7(13)11-5-4-6(9)12/h3-5,10H2,1-2H3,(H2,9,12)(H,11,13). The summed E-state index contributed by atoms with van der Waals surface area (Å²) in [5.41, 5.74) is 9.68. The van der Waals surface area contributed by atoms with Gasteiger partial charge in [0.25, 0.3) is 0 Å². The van der Waals surface area contributed by atoms with Gasteiger partial charge in [0.15, 0.2) is 0 Å². The Labute approximate surface area is 77.8 Å². The van der Waals surface area contributed by atoms with E-state index in [9.17, 15) is 9.59 Å². The van der Waals surface area contributed by atoms with Gasteiger partial charge in [0.1, 0.15) is 0 Å². The maximum absolute atomic E-state index is 11.3. The molecule has 0 aromatic carbocycles. The zero-order valence-corrected chi connectivity index (χ0v) is 8.09. The Morgan fingerprint density at radius 3 is 2.38 bits per heavy atom. The Bertz CT molecular complexity index is 202. The van der Waals surface area contributed by atoms with Gasteiger partial charge in [-0.05, 0) is 13.3 Å². The number of rotatable bonds is 5. The van der Waals surface area contributed by atoms with Gasteiger partial charge in [-0.1, -0.05) is 6.92 Å². The molecule has 5 nitrogen and oxygen atoms in total. The number of nitrogens with one attached hydrogen (secondary N) is 1. The van der Waals surface area contributed by atoms with Gasteiger partial charge < -0.3 is 16.8 Å². The number of hydrogen-bond acceptors (Lipinski definition) is 3. The van der Waals surface area contributed by atoms with E-state index in [1.165, 1.54) is 0 Å². The summed E-state index contributed by atoms with van der Waals surface area (Å²) in [5.74, 6) is -0.688. The number of hydrogen-bond donors (Lipinski definition) is 3. The van der Waals surface area contributed by atoms with E-state index in [2.05, 4.69) is 5.32 Å². The van der Waals surface area contributed by atoms with Crippen LogP contribution in [0.1, 0.15) is 26.7 Å². The van der Waals surface area contributed by atoms with Crippen LogP contribution in [-0.4, -0.2) is 23.9 Å². The highest BCUT2D eigenvalue weighted by Gasteiger charge is 2.25. The molecule has 76 valence electrons. The minimum atomic E-state index is -0.863. The molecule has 0 spiro atoms. The molecule has 5 heteroatoms. The van der Waals surface area contributed by atoms with Crippen LogP contribution >= 0.6 is 0 Å². The van der Waals surface area contributed by atoms with E-state index >= 15 is 0 Å². The van der Waals surface area contributed by atoms with Gasteiger partial charge in [-0.15, -0.1) is 0 Å². The highest BCUT2D eigenvalue weighted by Crippen LogP contribution is 2.03. The Balaban J connectivity index is 3.81. The van der Waals surface area contributed by atoms with Gasteiger partial charge in [-0.25, -0.2) is 0 Å².